The molecule has 0 fully saturated rings. The topological polar surface area (TPSA) is 56.4 Å². The smallest absolute Gasteiger partial charge is 0.0846 e. The van der Waals surface area contributed by atoms with Crippen LogP contribution >= 0.6 is 0 Å². The normalized spacial score (nSPS) is 9.55. The third-order valence-corrected chi connectivity index (χ3v) is 1.47. The molecule has 3 nitrogen and oxygen atoms in total. The first-order valence-corrected chi connectivity index (χ1v) is 3.38. The number of hydrogen-bond donors (Lipinski definition) is 2. The third-order valence-electron chi connectivity index (χ3n) is 1.47. The van der Waals surface area contributed by atoms with E-state index in [1.807, 2.05) is 24.3 Å². The summed E-state index contributed by atoms with van der Waals surface area (Å²) in [6.07, 6.45) is 0. The molecule has 2 N–H and O–H groups in total. The van der Waals surface area contributed by atoms with E-state index in [0.29, 0.717) is 6.54 Å². The molecular weight excluding hydrogens is 140 g/mol. The van der Waals surface area contributed by atoms with Crippen LogP contribution in [0.1, 0.15) is 11.1 Å². The fourth-order valence-electron chi connectivity index (χ4n) is 0.841. The summed E-state index contributed by atoms with van der Waals surface area (Å²) in [5.41, 5.74) is 8.50. The van der Waals surface area contributed by atoms with Gasteiger partial charge >= 0.3 is 0 Å². The van der Waals surface area contributed by atoms with Crippen LogP contribution < -0.4 is 0 Å². The zero-order valence-electron chi connectivity index (χ0n) is 6.12. The SMILES string of the molecule is N=NCc1ccc(CO)cc1. The Labute approximate surface area is 65.2 Å². The van der Waals surface area contributed by atoms with Crippen LogP contribution in [0, 0.1) is 5.53 Å². The minimum absolute atomic E-state index is 0.0678. The first-order chi connectivity index (χ1) is 5.36. The molecule has 0 amide bonds. The summed E-state index contributed by atoms with van der Waals surface area (Å²) in [6.45, 7) is 0.490. The first kappa shape index (κ1) is 7.88. The zero-order valence-corrected chi connectivity index (χ0v) is 6.12. The lowest BCUT2D eigenvalue weighted by molar-refractivity contribution is 0.282. The molecule has 11 heavy (non-hydrogen) atoms. The first-order valence-electron chi connectivity index (χ1n) is 3.38. The van der Waals surface area contributed by atoms with Crippen LogP contribution in [-0.2, 0) is 13.2 Å². The van der Waals surface area contributed by atoms with Crippen LogP contribution in [0.3, 0.4) is 0 Å². The summed E-state index contributed by atoms with van der Waals surface area (Å²) in [7, 11) is 0. The van der Waals surface area contributed by atoms with E-state index in [2.05, 4.69) is 5.11 Å². The molecule has 58 valence electrons. The van der Waals surface area contributed by atoms with E-state index < -0.39 is 0 Å². The maximum atomic E-state index is 8.70. The number of nitrogens with zero attached hydrogens (tertiary/aromatic N) is 1. The van der Waals surface area contributed by atoms with E-state index in [0.717, 1.165) is 11.1 Å². The van der Waals surface area contributed by atoms with Gasteiger partial charge < -0.3 is 5.11 Å². The highest BCUT2D eigenvalue weighted by molar-refractivity contribution is 5.21. The largest absolute Gasteiger partial charge is 0.392 e. The molecule has 0 aliphatic heterocycles. The summed E-state index contributed by atoms with van der Waals surface area (Å²) in [5.74, 6) is 0. The van der Waals surface area contributed by atoms with Crippen LogP contribution in [0.2, 0.25) is 0 Å². The van der Waals surface area contributed by atoms with E-state index in [-0.39, 0.29) is 6.61 Å². The summed E-state index contributed by atoms with van der Waals surface area (Å²) in [5, 5.41) is 11.9. The Hall–Kier alpha value is -1.22. The molecular formula is C8H10N2O. The monoisotopic (exact) mass is 150 g/mol. The number of nitrogens with one attached hydrogen (secondary N) is 1. The highest BCUT2D eigenvalue weighted by Crippen LogP contribution is 2.04. The van der Waals surface area contributed by atoms with Gasteiger partial charge in [0.25, 0.3) is 0 Å². The van der Waals surface area contributed by atoms with Crippen molar-refractivity contribution in [1.82, 2.24) is 0 Å². The lowest BCUT2D eigenvalue weighted by Gasteiger charge is -1.96. The molecule has 3 heteroatoms. The maximum absolute atomic E-state index is 8.70. The fraction of sp³-hybridized carbons (Fsp3) is 0.250. The van der Waals surface area contributed by atoms with Gasteiger partial charge in [-0.25, -0.2) is 5.53 Å². The van der Waals surface area contributed by atoms with Gasteiger partial charge in [-0.2, -0.15) is 5.11 Å². The molecule has 0 aliphatic rings. The quantitative estimate of drug-likeness (QED) is 0.633. The molecule has 1 aromatic carbocycles. The molecule has 0 bridgehead atoms. The number of aliphatic hydroxyl groups is 1. The van der Waals surface area contributed by atoms with E-state index >= 15 is 0 Å². The Bertz CT molecular complexity index is 230. The molecule has 0 spiro atoms. The van der Waals surface area contributed by atoms with Crippen molar-refractivity contribution in [3.05, 3.63) is 35.4 Å². The van der Waals surface area contributed by atoms with Crippen LogP contribution in [0.25, 0.3) is 0 Å². The van der Waals surface area contributed by atoms with E-state index in [4.69, 9.17) is 10.6 Å². The van der Waals surface area contributed by atoms with Gasteiger partial charge in [0.05, 0.1) is 13.2 Å². The van der Waals surface area contributed by atoms with E-state index in [9.17, 15) is 0 Å². The average molecular weight is 150 g/mol. The van der Waals surface area contributed by atoms with Crippen molar-refractivity contribution in [2.24, 2.45) is 5.11 Å². The van der Waals surface area contributed by atoms with Gasteiger partial charge in [-0.1, -0.05) is 24.3 Å². The van der Waals surface area contributed by atoms with Gasteiger partial charge in [0.2, 0.25) is 0 Å². The van der Waals surface area contributed by atoms with Gasteiger partial charge in [0.1, 0.15) is 0 Å². The molecule has 0 saturated carbocycles. The second-order valence-electron chi connectivity index (χ2n) is 2.29. The summed E-state index contributed by atoms with van der Waals surface area (Å²) < 4.78 is 0. The second kappa shape index (κ2) is 3.83. The molecule has 0 aliphatic carbocycles. The number of rotatable bonds is 3. The maximum Gasteiger partial charge on any atom is 0.0846 e. The van der Waals surface area contributed by atoms with Gasteiger partial charge in [0.15, 0.2) is 0 Å². The predicted octanol–water partition coefficient (Wildman–Crippen LogP) is 1.71. The molecule has 1 rings (SSSR count). The van der Waals surface area contributed by atoms with Crippen LogP contribution in [-0.4, -0.2) is 5.11 Å². The van der Waals surface area contributed by atoms with Crippen molar-refractivity contribution in [3.8, 4) is 0 Å². The van der Waals surface area contributed by atoms with Crippen molar-refractivity contribution in [2.75, 3.05) is 0 Å². The van der Waals surface area contributed by atoms with Gasteiger partial charge in [-0.3, -0.25) is 0 Å². The molecule has 0 radical (unpaired) electrons. The van der Waals surface area contributed by atoms with Crippen molar-refractivity contribution in [3.63, 3.8) is 0 Å². The Morgan fingerprint density at radius 1 is 1.18 bits per heavy atom. The Morgan fingerprint density at radius 3 is 2.18 bits per heavy atom. The summed E-state index contributed by atoms with van der Waals surface area (Å²) in [4.78, 5) is 0. The standard InChI is InChI=1S/C8H10N2O/c9-10-5-7-1-3-8(6-11)4-2-7/h1-4,9,11H,5-6H2. The van der Waals surface area contributed by atoms with Crippen LogP contribution in [0.4, 0.5) is 0 Å². The summed E-state index contributed by atoms with van der Waals surface area (Å²) >= 11 is 0. The molecule has 0 aromatic heterocycles. The van der Waals surface area contributed by atoms with Gasteiger partial charge in [-0.05, 0) is 11.1 Å². The average Bonchev–Trinajstić information content (AvgIpc) is 2.07. The Morgan fingerprint density at radius 2 is 1.73 bits per heavy atom. The lowest BCUT2D eigenvalue weighted by Crippen LogP contribution is -1.84. The van der Waals surface area contributed by atoms with Crippen LogP contribution in [0.15, 0.2) is 29.4 Å². The second-order valence-corrected chi connectivity index (χ2v) is 2.29. The van der Waals surface area contributed by atoms with Crippen molar-refractivity contribution in [2.45, 2.75) is 13.2 Å². The van der Waals surface area contributed by atoms with Crippen molar-refractivity contribution in [1.29, 1.82) is 5.53 Å². The minimum atomic E-state index is 0.0678. The predicted molar refractivity (Wildman–Crippen MR) is 41.2 cm³/mol. The number of benzene rings is 1. The number of hydrogen-bond acceptors (Lipinski definition) is 3. The molecule has 0 atom stereocenters. The fourth-order valence-corrected chi connectivity index (χ4v) is 0.841. The van der Waals surface area contributed by atoms with E-state index in [1.54, 1.807) is 0 Å². The number of aliphatic hydroxyl groups excluding tert-OH is 1. The Balaban J connectivity index is 2.74. The molecule has 0 unspecified atom stereocenters. The Kier molecular flexibility index (Phi) is 2.74. The van der Waals surface area contributed by atoms with Crippen LogP contribution in [0.5, 0.6) is 0 Å². The minimum Gasteiger partial charge on any atom is -0.392 e. The van der Waals surface area contributed by atoms with Gasteiger partial charge in [0, 0.05) is 0 Å². The van der Waals surface area contributed by atoms with E-state index in [1.165, 1.54) is 0 Å². The van der Waals surface area contributed by atoms with Crippen molar-refractivity contribution >= 4 is 0 Å². The highest BCUT2D eigenvalue weighted by Gasteiger charge is 1.91. The molecule has 0 saturated heterocycles. The molecule has 0 heterocycles. The van der Waals surface area contributed by atoms with Gasteiger partial charge in [-0.15, -0.1) is 0 Å². The lowest BCUT2D eigenvalue weighted by atomic mass is 10.1. The third kappa shape index (κ3) is 2.13. The molecule has 1 aromatic rings. The summed E-state index contributed by atoms with van der Waals surface area (Å²) in [6, 6.07) is 7.40. The zero-order chi connectivity index (χ0) is 8.10. The highest BCUT2D eigenvalue weighted by atomic mass is 16.3. The van der Waals surface area contributed by atoms with Crippen molar-refractivity contribution < 1.29 is 5.11 Å².